The molecule has 3 aliphatic heterocycles. The van der Waals surface area contributed by atoms with Crippen molar-refractivity contribution in [2.75, 3.05) is 31.5 Å². The molecule has 39 heavy (non-hydrogen) atoms. The molecule has 0 aliphatic carbocycles. The highest BCUT2D eigenvalue weighted by Gasteiger charge is 2.69. The Morgan fingerprint density at radius 1 is 0.769 bits per heavy atom. The SMILES string of the molecule is CN1C(=O)C(=c2sc3n(c2=O)NC2(c4ccccc4)N(C)C(=O)N(C)C2(c2ccccc2)N=3)c2ccccc21. The van der Waals surface area contributed by atoms with Crippen LogP contribution >= 0.6 is 11.3 Å². The minimum Gasteiger partial charge on any atom is -0.311 e. The summed E-state index contributed by atoms with van der Waals surface area (Å²) in [6, 6.07) is 26.3. The van der Waals surface area contributed by atoms with Crippen LogP contribution in [0.15, 0.2) is 94.7 Å². The predicted molar refractivity (Wildman–Crippen MR) is 148 cm³/mol. The molecule has 194 valence electrons. The Kier molecular flexibility index (Phi) is 4.75. The van der Waals surface area contributed by atoms with Crippen LogP contribution in [0.1, 0.15) is 16.7 Å². The van der Waals surface area contributed by atoms with E-state index in [0.29, 0.717) is 20.5 Å². The van der Waals surface area contributed by atoms with Crippen LogP contribution in [0.2, 0.25) is 0 Å². The van der Waals surface area contributed by atoms with Gasteiger partial charge in [-0.2, -0.15) is 4.68 Å². The lowest BCUT2D eigenvalue weighted by Gasteiger charge is -2.49. The number of carbonyl (C=O) groups is 2. The van der Waals surface area contributed by atoms with Crippen molar-refractivity contribution < 1.29 is 9.59 Å². The summed E-state index contributed by atoms with van der Waals surface area (Å²) in [4.78, 5) is 51.5. The van der Waals surface area contributed by atoms with Gasteiger partial charge in [0.1, 0.15) is 4.53 Å². The fourth-order valence-corrected chi connectivity index (χ4v) is 7.21. The standard InChI is InChI=1S/C29H24N6O3S/c1-32-21-17-11-10-16-20(21)22(24(32)36)23-25(37)35-26(39-23)30-28(18-12-6-4-7-13-18)29(31-35,19-14-8-5-9-15-19)34(3)27(38)33(28)2/h4-17,31H,1-3H3. The number of rotatable bonds is 2. The van der Waals surface area contributed by atoms with Crippen LogP contribution in [-0.2, 0) is 16.1 Å². The Balaban J connectivity index is 1.62. The molecule has 2 unspecified atom stereocenters. The van der Waals surface area contributed by atoms with Crippen molar-refractivity contribution in [3.05, 3.63) is 121 Å². The van der Waals surface area contributed by atoms with Crippen molar-refractivity contribution in [3.63, 3.8) is 0 Å². The number of nitrogens with one attached hydrogen (secondary N) is 1. The minimum absolute atomic E-state index is 0.243. The summed E-state index contributed by atoms with van der Waals surface area (Å²) in [5, 5.41) is 0. The first-order chi connectivity index (χ1) is 18.8. The van der Waals surface area contributed by atoms with Gasteiger partial charge in [0.15, 0.2) is 0 Å². The smallest absolute Gasteiger partial charge is 0.311 e. The van der Waals surface area contributed by atoms with Crippen LogP contribution in [0.25, 0.3) is 5.57 Å². The van der Waals surface area contributed by atoms with E-state index < -0.39 is 11.3 Å². The number of aromatic nitrogens is 1. The third kappa shape index (κ3) is 2.73. The fourth-order valence-electron chi connectivity index (χ4n) is 6.16. The molecular weight excluding hydrogens is 512 g/mol. The van der Waals surface area contributed by atoms with E-state index in [4.69, 9.17) is 4.99 Å². The van der Waals surface area contributed by atoms with Gasteiger partial charge in [-0.05, 0) is 6.07 Å². The molecule has 0 spiro atoms. The average molecular weight is 537 g/mol. The zero-order chi connectivity index (χ0) is 27.1. The highest BCUT2D eigenvalue weighted by atomic mass is 32.1. The van der Waals surface area contributed by atoms with E-state index >= 15 is 0 Å². The molecule has 3 aromatic carbocycles. The summed E-state index contributed by atoms with van der Waals surface area (Å²) in [5.74, 6) is -0.243. The molecule has 3 amide bonds. The summed E-state index contributed by atoms with van der Waals surface area (Å²) in [5.41, 5.74) is 3.89. The van der Waals surface area contributed by atoms with Gasteiger partial charge in [0.2, 0.25) is 16.1 Å². The summed E-state index contributed by atoms with van der Waals surface area (Å²) < 4.78 is 1.68. The Labute approximate surface area is 227 Å². The van der Waals surface area contributed by atoms with E-state index in [2.05, 4.69) is 5.43 Å². The largest absolute Gasteiger partial charge is 0.324 e. The van der Waals surface area contributed by atoms with E-state index in [0.717, 1.165) is 28.2 Å². The Hall–Kier alpha value is -4.70. The molecule has 9 nitrogen and oxygen atoms in total. The summed E-state index contributed by atoms with van der Waals surface area (Å²) >= 11 is 1.15. The molecule has 4 heterocycles. The van der Waals surface area contributed by atoms with Crippen LogP contribution in [0.3, 0.4) is 0 Å². The van der Waals surface area contributed by atoms with E-state index in [1.165, 1.54) is 4.68 Å². The number of hydrogen-bond acceptors (Lipinski definition) is 6. The normalized spacial score (nSPS) is 24.7. The van der Waals surface area contributed by atoms with Crippen LogP contribution < -0.4 is 25.2 Å². The molecule has 7 rings (SSSR count). The van der Waals surface area contributed by atoms with Gasteiger partial charge in [-0.25, -0.2) is 9.79 Å². The van der Waals surface area contributed by atoms with Crippen LogP contribution in [0.4, 0.5) is 10.5 Å². The lowest BCUT2D eigenvalue weighted by Crippen LogP contribution is -2.67. The first-order valence-corrected chi connectivity index (χ1v) is 13.3. The minimum atomic E-state index is -1.27. The molecule has 3 aliphatic rings. The topological polar surface area (TPSA) is 90.2 Å². The number of para-hydroxylation sites is 1. The maximum absolute atomic E-state index is 14.1. The number of urea groups is 1. The lowest BCUT2D eigenvalue weighted by atomic mass is 9.80. The zero-order valence-electron chi connectivity index (χ0n) is 21.5. The van der Waals surface area contributed by atoms with E-state index in [1.807, 2.05) is 84.9 Å². The Morgan fingerprint density at radius 3 is 2.08 bits per heavy atom. The van der Waals surface area contributed by atoms with Gasteiger partial charge in [0.05, 0.1) is 11.3 Å². The molecule has 2 atom stereocenters. The summed E-state index contributed by atoms with van der Waals surface area (Å²) in [6.45, 7) is 0. The molecule has 4 aromatic rings. The van der Waals surface area contributed by atoms with Crippen molar-refractivity contribution in [2.45, 2.75) is 11.3 Å². The number of amides is 3. The molecule has 1 saturated heterocycles. The molecule has 0 saturated carbocycles. The van der Waals surface area contributed by atoms with Crippen molar-refractivity contribution in [1.82, 2.24) is 14.5 Å². The molecular formula is C29H24N6O3S. The number of likely N-dealkylation sites (N-methyl/N-ethyl adjacent to an activating group) is 3. The average Bonchev–Trinajstić information content (AvgIpc) is 3.48. The third-order valence-electron chi connectivity index (χ3n) is 8.03. The highest BCUT2D eigenvalue weighted by Crippen LogP contribution is 2.53. The number of benzene rings is 3. The molecule has 10 heteroatoms. The lowest BCUT2D eigenvalue weighted by molar-refractivity contribution is -0.112. The number of nitrogens with zero attached hydrogens (tertiary/aromatic N) is 5. The molecule has 1 N–H and O–H groups in total. The first-order valence-electron chi connectivity index (χ1n) is 12.5. The van der Waals surface area contributed by atoms with E-state index in [1.54, 1.807) is 35.8 Å². The number of carbonyl (C=O) groups excluding carboxylic acids is 2. The Morgan fingerprint density at radius 2 is 1.38 bits per heavy atom. The summed E-state index contributed by atoms with van der Waals surface area (Å²) in [6.07, 6.45) is 0. The monoisotopic (exact) mass is 536 g/mol. The van der Waals surface area contributed by atoms with Crippen molar-refractivity contribution in [3.8, 4) is 0 Å². The summed E-state index contributed by atoms with van der Waals surface area (Å²) in [7, 11) is 5.14. The van der Waals surface area contributed by atoms with Gasteiger partial charge < -0.3 is 4.90 Å². The van der Waals surface area contributed by atoms with Gasteiger partial charge in [0, 0.05) is 37.8 Å². The maximum atomic E-state index is 14.1. The van der Waals surface area contributed by atoms with Gasteiger partial charge >= 0.3 is 6.03 Å². The molecule has 1 aromatic heterocycles. The molecule has 1 fully saturated rings. The number of thiazole rings is 1. The van der Waals surface area contributed by atoms with Gasteiger partial charge in [-0.3, -0.25) is 24.8 Å². The van der Waals surface area contributed by atoms with Crippen LogP contribution in [0.5, 0.6) is 0 Å². The second-order valence-corrected chi connectivity index (χ2v) is 10.8. The maximum Gasteiger partial charge on any atom is 0.324 e. The van der Waals surface area contributed by atoms with Crippen molar-refractivity contribution >= 4 is 34.5 Å². The zero-order valence-corrected chi connectivity index (χ0v) is 22.3. The number of hydrogen-bond donors (Lipinski definition) is 1. The van der Waals surface area contributed by atoms with E-state index in [-0.39, 0.29) is 17.5 Å². The third-order valence-corrected chi connectivity index (χ3v) is 9.07. The second-order valence-electron chi connectivity index (χ2n) is 9.85. The van der Waals surface area contributed by atoms with Crippen molar-refractivity contribution in [1.29, 1.82) is 0 Å². The highest BCUT2D eigenvalue weighted by molar-refractivity contribution is 7.07. The molecule has 0 bridgehead atoms. The van der Waals surface area contributed by atoms with Crippen molar-refractivity contribution in [2.24, 2.45) is 4.99 Å². The van der Waals surface area contributed by atoms with Gasteiger partial charge in [-0.15, -0.1) is 0 Å². The molecule has 0 radical (unpaired) electrons. The number of fused-ring (bicyclic) bond motifs is 3. The fraction of sp³-hybridized carbons (Fsp3) is 0.172. The number of anilines is 1. The van der Waals surface area contributed by atoms with Crippen LogP contribution in [0, 0.1) is 0 Å². The van der Waals surface area contributed by atoms with Crippen LogP contribution in [-0.4, -0.2) is 47.6 Å². The predicted octanol–water partition coefficient (Wildman–Crippen LogP) is 1.97. The Bertz CT molecular complexity index is 1870. The first kappa shape index (κ1) is 23.4. The van der Waals surface area contributed by atoms with Gasteiger partial charge in [0.25, 0.3) is 11.5 Å². The van der Waals surface area contributed by atoms with Gasteiger partial charge in [-0.1, -0.05) is 90.2 Å². The van der Waals surface area contributed by atoms with E-state index in [9.17, 15) is 14.4 Å². The second kappa shape index (κ2) is 7.90. The quantitative estimate of drug-likeness (QED) is 0.424.